The third kappa shape index (κ3) is 2.60. The molecule has 0 saturated heterocycles. The van der Waals surface area contributed by atoms with Crippen LogP contribution in [0.25, 0.3) is 0 Å². The number of nitrogens with zero attached hydrogens (tertiary/aromatic N) is 5. The number of halogens is 3. The first-order valence-electron chi connectivity index (χ1n) is 5.46. The first kappa shape index (κ1) is 14.0. The highest BCUT2D eigenvalue weighted by Gasteiger charge is 2.39. The van der Waals surface area contributed by atoms with Crippen LogP contribution in [0.15, 0.2) is 24.7 Å². The molecule has 0 aromatic carbocycles. The fourth-order valence-electron chi connectivity index (χ4n) is 1.63. The van der Waals surface area contributed by atoms with E-state index in [4.69, 9.17) is 0 Å². The van der Waals surface area contributed by atoms with Crippen LogP contribution in [0, 0.1) is 0 Å². The van der Waals surface area contributed by atoms with Crippen LogP contribution in [-0.2, 0) is 13.2 Å². The van der Waals surface area contributed by atoms with Crippen molar-refractivity contribution in [2.24, 2.45) is 7.05 Å². The highest BCUT2D eigenvalue weighted by atomic mass is 19.4. The van der Waals surface area contributed by atoms with Crippen molar-refractivity contribution in [1.29, 1.82) is 0 Å². The Balaban J connectivity index is 2.40. The third-order valence-electron chi connectivity index (χ3n) is 2.59. The van der Waals surface area contributed by atoms with Gasteiger partial charge in [-0.2, -0.15) is 28.5 Å². The van der Waals surface area contributed by atoms with Gasteiger partial charge in [0.15, 0.2) is 5.69 Å². The minimum atomic E-state index is -4.69. The van der Waals surface area contributed by atoms with Crippen LogP contribution < -0.4 is 4.90 Å². The Kier molecular flexibility index (Phi) is 3.43. The van der Waals surface area contributed by atoms with Gasteiger partial charge in [0.05, 0.1) is 23.6 Å². The molecule has 1 amide bonds. The lowest BCUT2D eigenvalue weighted by Crippen LogP contribution is -2.28. The zero-order valence-electron chi connectivity index (χ0n) is 10.6. The Labute approximate surface area is 111 Å². The van der Waals surface area contributed by atoms with Gasteiger partial charge in [0.25, 0.3) is 5.91 Å². The van der Waals surface area contributed by atoms with E-state index < -0.39 is 23.3 Å². The van der Waals surface area contributed by atoms with Gasteiger partial charge in [-0.25, -0.2) is 0 Å². The van der Waals surface area contributed by atoms with E-state index in [1.807, 2.05) is 0 Å². The molecule has 2 aromatic rings. The lowest BCUT2D eigenvalue weighted by molar-refractivity contribution is -0.141. The molecule has 6 nitrogen and oxygen atoms in total. The van der Waals surface area contributed by atoms with Crippen LogP contribution in [0.5, 0.6) is 0 Å². The topological polar surface area (TPSA) is 63.9 Å². The van der Waals surface area contributed by atoms with Gasteiger partial charge in [-0.1, -0.05) is 0 Å². The van der Waals surface area contributed by atoms with Crippen LogP contribution >= 0.6 is 0 Å². The molecule has 0 spiro atoms. The number of rotatable bonds is 2. The second kappa shape index (κ2) is 4.91. The fraction of sp³-hybridized carbons (Fsp3) is 0.273. The van der Waals surface area contributed by atoms with Crippen LogP contribution in [0.2, 0.25) is 0 Å². The summed E-state index contributed by atoms with van der Waals surface area (Å²) >= 11 is 0. The summed E-state index contributed by atoms with van der Waals surface area (Å²) < 4.78 is 39.4. The molecule has 0 saturated carbocycles. The van der Waals surface area contributed by atoms with Gasteiger partial charge in [0.2, 0.25) is 0 Å². The molecule has 0 N–H and O–H groups in total. The summed E-state index contributed by atoms with van der Waals surface area (Å²) in [6.07, 6.45) is -1.03. The molecule has 0 aliphatic heterocycles. The molecular weight excluding hydrogens is 275 g/mol. The van der Waals surface area contributed by atoms with Crippen molar-refractivity contribution in [2.45, 2.75) is 6.18 Å². The first-order chi connectivity index (χ1) is 9.30. The summed E-state index contributed by atoms with van der Waals surface area (Å²) in [6.45, 7) is 0. The zero-order valence-corrected chi connectivity index (χ0v) is 10.6. The molecule has 0 radical (unpaired) electrons. The summed E-state index contributed by atoms with van der Waals surface area (Å²) in [5.41, 5.74) is -1.39. The summed E-state index contributed by atoms with van der Waals surface area (Å²) in [5.74, 6) is -0.821. The van der Waals surface area contributed by atoms with Crippen molar-refractivity contribution < 1.29 is 18.0 Å². The first-order valence-corrected chi connectivity index (χ1v) is 5.46. The summed E-state index contributed by atoms with van der Waals surface area (Å²) in [5, 5.41) is 10.4. The summed E-state index contributed by atoms with van der Waals surface area (Å²) in [6, 6.07) is 1.47. The smallest absolute Gasteiger partial charge is 0.310 e. The molecule has 0 aliphatic rings. The van der Waals surface area contributed by atoms with Crippen LogP contribution in [0.4, 0.5) is 18.9 Å². The molecule has 9 heteroatoms. The van der Waals surface area contributed by atoms with Crippen LogP contribution in [-0.4, -0.2) is 32.9 Å². The van der Waals surface area contributed by atoms with E-state index in [2.05, 4.69) is 15.3 Å². The molecular formula is C11H10F3N5O. The lowest BCUT2D eigenvalue weighted by atomic mass is 10.2. The maximum absolute atomic E-state index is 12.8. The van der Waals surface area contributed by atoms with E-state index in [0.717, 1.165) is 15.8 Å². The van der Waals surface area contributed by atoms with E-state index in [-0.39, 0.29) is 0 Å². The predicted octanol–water partition coefficient (Wildman–Crippen LogP) is 1.51. The number of aromatic nitrogens is 4. The quantitative estimate of drug-likeness (QED) is 0.839. The minimum absolute atomic E-state index is 0.335. The van der Waals surface area contributed by atoms with Gasteiger partial charge in [0.1, 0.15) is 0 Å². The van der Waals surface area contributed by atoms with E-state index in [1.165, 1.54) is 32.6 Å². The van der Waals surface area contributed by atoms with Crippen molar-refractivity contribution in [3.05, 3.63) is 35.9 Å². The highest BCUT2D eigenvalue weighted by molar-refractivity contribution is 6.06. The molecule has 0 fully saturated rings. The van der Waals surface area contributed by atoms with Crippen molar-refractivity contribution >= 4 is 11.6 Å². The number of aryl methyl sites for hydroxylation is 1. The van der Waals surface area contributed by atoms with Gasteiger partial charge in [-0.05, 0) is 6.07 Å². The van der Waals surface area contributed by atoms with Crippen molar-refractivity contribution in [1.82, 2.24) is 20.0 Å². The average molecular weight is 285 g/mol. The van der Waals surface area contributed by atoms with Gasteiger partial charge < -0.3 is 4.90 Å². The molecule has 0 atom stereocenters. The monoisotopic (exact) mass is 285 g/mol. The Morgan fingerprint density at radius 2 is 2.05 bits per heavy atom. The number of carbonyl (C=O) groups excluding carboxylic acids is 1. The third-order valence-corrected chi connectivity index (χ3v) is 2.59. The molecule has 2 heterocycles. The van der Waals surface area contributed by atoms with Crippen LogP contribution in [0.3, 0.4) is 0 Å². The van der Waals surface area contributed by atoms with E-state index in [0.29, 0.717) is 5.69 Å². The largest absolute Gasteiger partial charge is 0.435 e. The standard InChI is InChI=1S/C11H10F3N5O/c1-18-6-8(9(17-18)11(12,13)14)10(20)19(2)7-3-4-15-16-5-7/h3-6H,1-2H3. The number of carbonyl (C=O) groups is 1. The van der Waals surface area contributed by atoms with E-state index in [9.17, 15) is 18.0 Å². The van der Waals surface area contributed by atoms with Crippen molar-refractivity contribution in [3.63, 3.8) is 0 Å². The molecule has 0 aliphatic carbocycles. The fourth-order valence-corrected chi connectivity index (χ4v) is 1.63. The number of amides is 1. The van der Waals surface area contributed by atoms with Crippen molar-refractivity contribution in [2.75, 3.05) is 11.9 Å². The zero-order chi connectivity index (χ0) is 14.9. The Morgan fingerprint density at radius 3 is 2.60 bits per heavy atom. The molecule has 2 rings (SSSR count). The second-order valence-corrected chi connectivity index (χ2v) is 4.03. The maximum atomic E-state index is 12.8. The van der Waals surface area contributed by atoms with E-state index >= 15 is 0 Å². The Morgan fingerprint density at radius 1 is 1.35 bits per heavy atom. The SMILES string of the molecule is CN(C(=O)c1cn(C)nc1C(F)(F)F)c1ccnnc1. The second-order valence-electron chi connectivity index (χ2n) is 4.03. The summed E-state index contributed by atoms with van der Waals surface area (Å²) in [4.78, 5) is 13.2. The molecule has 106 valence electrons. The number of anilines is 1. The van der Waals surface area contributed by atoms with Crippen molar-refractivity contribution in [3.8, 4) is 0 Å². The summed E-state index contributed by atoms with van der Waals surface area (Å²) in [7, 11) is 2.67. The van der Waals surface area contributed by atoms with Gasteiger partial charge in [-0.3, -0.25) is 9.48 Å². The predicted molar refractivity (Wildman–Crippen MR) is 63.0 cm³/mol. The molecule has 20 heavy (non-hydrogen) atoms. The highest BCUT2D eigenvalue weighted by Crippen LogP contribution is 2.31. The normalized spacial score (nSPS) is 11.4. The van der Waals surface area contributed by atoms with Gasteiger partial charge in [-0.15, -0.1) is 0 Å². The lowest BCUT2D eigenvalue weighted by Gasteiger charge is -2.16. The number of alkyl halides is 3. The maximum Gasteiger partial charge on any atom is 0.435 e. The van der Waals surface area contributed by atoms with Crippen LogP contribution in [0.1, 0.15) is 16.1 Å². The van der Waals surface area contributed by atoms with Gasteiger partial charge >= 0.3 is 6.18 Å². The molecule has 0 unspecified atom stereocenters. The molecule has 2 aromatic heterocycles. The Hall–Kier alpha value is -2.45. The van der Waals surface area contributed by atoms with E-state index in [1.54, 1.807) is 0 Å². The average Bonchev–Trinajstić information content (AvgIpc) is 2.80. The Bertz CT molecular complexity index is 623. The minimum Gasteiger partial charge on any atom is -0.310 e. The number of hydrogen-bond acceptors (Lipinski definition) is 4. The number of hydrogen-bond donors (Lipinski definition) is 0. The van der Waals surface area contributed by atoms with Gasteiger partial charge in [0, 0.05) is 20.3 Å². The molecule has 0 bridgehead atoms.